The maximum Gasteiger partial charge on any atom is 0.124 e. The summed E-state index contributed by atoms with van der Waals surface area (Å²) in [6, 6.07) is 4.55. The predicted octanol–water partition coefficient (Wildman–Crippen LogP) is 4.09. The number of nitrogens with two attached hydrogens (primary N) is 1. The third-order valence-electron chi connectivity index (χ3n) is 4.25. The van der Waals surface area contributed by atoms with Crippen molar-refractivity contribution in [3.63, 3.8) is 0 Å². The second kappa shape index (κ2) is 7.02. The maximum atomic E-state index is 13.2. The van der Waals surface area contributed by atoms with Crippen LogP contribution in [0.5, 0.6) is 0 Å². The molecule has 20 heavy (non-hydrogen) atoms. The van der Waals surface area contributed by atoms with Crippen molar-refractivity contribution in [1.29, 1.82) is 0 Å². The van der Waals surface area contributed by atoms with Gasteiger partial charge < -0.3 is 11.1 Å². The van der Waals surface area contributed by atoms with Crippen molar-refractivity contribution in [1.82, 2.24) is 0 Å². The Labute approximate surface area is 125 Å². The van der Waals surface area contributed by atoms with Crippen molar-refractivity contribution in [2.75, 3.05) is 11.9 Å². The van der Waals surface area contributed by atoms with Gasteiger partial charge in [-0.1, -0.05) is 44.8 Å². The summed E-state index contributed by atoms with van der Waals surface area (Å²) in [4.78, 5) is 0.235. The summed E-state index contributed by atoms with van der Waals surface area (Å²) in [5.41, 5.74) is 7.07. The molecular weight excluding hydrogens is 271 g/mol. The standard InChI is InChI=1S/C16H23FN2S/c1-11-2-4-12(5-3-11)8-9-19-15-7-6-13(17)10-14(15)16(18)20/h6-7,10-12,19H,2-5,8-9H2,1H3,(H2,18,20). The van der Waals surface area contributed by atoms with Crippen molar-refractivity contribution in [3.05, 3.63) is 29.6 Å². The van der Waals surface area contributed by atoms with Crippen LogP contribution in [-0.2, 0) is 0 Å². The van der Waals surface area contributed by atoms with Gasteiger partial charge in [-0.25, -0.2) is 4.39 Å². The number of hydrogen-bond acceptors (Lipinski definition) is 2. The molecule has 0 atom stereocenters. The molecule has 110 valence electrons. The molecule has 2 nitrogen and oxygen atoms in total. The molecule has 0 saturated heterocycles. The molecule has 1 fully saturated rings. The van der Waals surface area contributed by atoms with E-state index in [1.807, 2.05) is 0 Å². The highest BCUT2D eigenvalue weighted by atomic mass is 32.1. The lowest BCUT2D eigenvalue weighted by atomic mass is 9.81. The summed E-state index contributed by atoms with van der Waals surface area (Å²) < 4.78 is 13.2. The molecule has 4 heteroatoms. The summed E-state index contributed by atoms with van der Waals surface area (Å²) in [5, 5.41) is 3.35. The van der Waals surface area contributed by atoms with Gasteiger partial charge in [0.05, 0.1) is 0 Å². The zero-order valence-corrected chi connectivity index (χ0v) is 12.8. The van der Waals surface area contributed by atoms with Crippen molar-refractivity contribution in [2.45, 2.75) is 39.0 Å². The lowest BCUT2D eigenvalue weighted by molar-refractivity contribution is 0.282. The van der Waals surface area contributed by atoms with Crippen LogP contribution in [0.2, 0.25) is 0 Å². The van der Waals surface area contributed by atoms with Crippen molar-refractivity contribution < 1.29 is 4.39 Å². The van der Waals surface area contributed by atoms with Gasteiger partial charge >= 0.3 is 0 Å². The molecule has 1 aromatic rings. The molecule has 1 aromatic carbocycles. The van der Waals surface area contributed by atoms with Gasteiger partial charge in [-0.15, -0.1) is 0 Å². The Balaban J connectivity index is 1.86. The van der Waals surface area contributed by atoms with Gasteiger partial charge in [0, 0.05) is 17.8 Å². The fourth-order valence-corrected chi connectivity index (χ4v) is 3.07. The molecule has 3 N–H and O–H groups in total. The van der Waals surface area contributed by atoms with E-state index in [-0.39, 0.29) is 10.8 Å². The predicted molar refractivity (Wildman–Crippen MR) is 86.5 cm³/mol. The van der Waals surface area contributed by atoms with E-state index in [0.717, 1.165) is 30.5 Å². The Hall–Kier alpha value is -1.16. The van der Waals surface area contributed by atoms with Crippen LogP contribution in [0.15, 0.2) is 18.2 Å². The first-order chi connectivity index (χ1) is 9.56. The number of thiocarbonyl (C=S) groups is 1. The van der Waals surface area contributed by atoms with Crippen molar-refractivity contribution >= 4 is 22.9 Å². The quantitative estimate of drug-likeness (QED) is 0.803. The van der Waals surface area contributed by atoms with Gasteiger partial charge in [0.25, 0.3) is 0 Å². The second-order valence-corrected chi connectivity index (χ2v) is 6.34. The molecule has 0 heterocycles. The first kappa shape index (κ1) is 15.2. The molecule has 1 aliphatic carbocycles. The van der Waals surface area contributed by atoms with Crippen LogP contribution >= 0.6 is 12.2 Å². The average molecular weight is 294 g/mol. The lowest BCUT2D eigenvalue weighted by Crippen LogP contribution is -2.18. The van der Waals surface area contributed by atoms with Crippen molar-refractivity contribution in [2.24, 2.45) is 17.6 Å². The van der Waals surface area contributed by atoms with E-state index in [4.69, 9.17) is 18.0 Å². The van der Waals surface area contributed by atoms with Crippen LogP contribution in [-0.4, -0.2) is 11.5 Å². The van der Waals surface area contributed by atoms with Gasteiger partial charge in [0.15, 0.2) is 0 Å². The topological polar surface area (TPSA) is 38.0 Å². The number of anilines is 1. The van der Waals surface area contributed by atoms with Gasteiger partial charge in [-0.05, 0) is 36.5 Å². The van der Waals surface area contributed by atoms with E-state index in [1.54, 1.807) is 6.07 Å². The Kier molecular flexibility index (Phi) is 5.35. The minimum absolute atomic E-state index is 0.235. The first-order valence-electron chi connectivity index (χ1n) is 7.39. The zero-order valence-electron chi connectivity index (χ0n) is 12.0. The molecule has 1 saturated carbocycles. The van der Waals surface area contributed by atoms with Crippen LogP contribution in [0.3, 0.4) is 0 Å². The molecule has 2 rings (SSSR count). The zero-order chi connectivity index (χ0) is 14.5. The summed E-state index contributed by atoms with van der Waals surface area (Å²) in [5.74, 6) is 1.39. The Morgan fingerprint density at radius 2 is 2.05 bits per heavy atom. The highest BCUT2D eigenvalue weighted by molar-refractivity contribution is 7.80. The third kappa shape index (κ3) is 4.17. The maximum absolute atomic E-state index is 13.2. The molecule has 0 amide bonds. The minimum Gasteiger partial charge on any atom is -0.389 e. The van der Waals surface area contributed by atoms with Gasteiger partial charge in [-0.3, -0.25) is 0 Å². The normalized spacial score (nSPS) is 22.5. The number of benzene rings is 1. The van der Waals surface area contributed by atoms with Crippen LogP contribution in [0.25, 0.3) is 0 Å². The Morgan fingerprint density at radius 1 is 1.35 bits per heavy atom. The molecule has 0 bridgehead atoms. The first-order valence-corrected chi connectivity index (χ1v) is 7.80. The summed E-state index contributed by atoms with van der Waals surface area (Å²) in [6.07, 6.45) is 6.50. The molecule has 0 aromatic heterocycles. The molecular formula is C16H23FN2S. The molecule has 1 aliphatic rings. The third-order valence-corrected chi connectivity index (χ3v) is 4.47. The summed E-state index contributed by atoms with van der Waals surface area (Å²) in [7, 11) is 0. The summed E-state index contributed by atoms with van der Waals surface area (Å²) in [6.45, 7) is 3.22. The SMILES string of the molecule is CC1CCC(CCNc2ccc(F)cc2C(N)=S)CC1. The Bertz CT molecular complexity index is 468. The van der Waals surface area contributed by atoms with E-state index in [1.165, 1.54) is 37.8 Å². The Morgan fingerprint density at radius 3 is 2.70 bits per heavy atom. The van der Waals surface area contributed by atoms with E-state index >= 15 is 0 Å². The number of rotatable bonds is 5. The summed E-state index contributed by atoms with van der Waals surface area (Å²) >= 11 is 4.97. The van der Waals surface area contributed by atoms with Crippen LogP contribution < -0.4 is 11.1 Å². The molecule has 0 unspecified atom stereocenters. The van der Waals surface area contributed by atoms with Crippen molar-refractivity contribution in [3.8, 4) is 0 Å². The number of hydrogen-bond donors (Lipinski definition) is 2. The van der Waals surface area contributed by atoms with Gasteiger partial charge in [0.2, 0.25) is 0 Å². The molecule has 0 spiro atoms. The highest BCUT2D eigenvalue weighted by Crippen LogP contribution is 2.30. The van der Waals surface area contributed by atoms with E-state index in [0.29, 0.717) is 5.56 Å². The number of halogens is 1. The fraction of sp³-hybridized carbons (Fsp3) is 0.562. The van der Waals surface area contributed by atoms with E-state index in [9.17, 15) is 4.39 Å². The van der Waals surface area contributed by atoms with Crippen LogP contribution in [0.1, 0.15) is 44.6 Å². The highest BCUT2D eigenvalue weighted by Gasteiger charge is 2.17. The molecule has 0 aliphatic heterocycles. The van der Waals surface area contributed by atoms with Crippen LogP contribution in [0.4, 0.5) is 10.1 Å². The average Bonchev–Trinajstić information content (AvgIpc) is 2.42. The second-order valence-electron chi connectivity index (χ2n) is 5.90. The minimum atomic E-state index is -0.306. The smallest absolute Gasteiger partial charge is 0.124 e. The number of nitrogens with one attached hydrogen (secondary N) is 1. The monoisotopic (exact) mass is 294 g/mol. The van der Waals surface area contributed by atoms with Crippen LogP contribution in [0, 0.1) is 17.7 Å². The fourth-order valence-electron chi connectivity index (χ4n) is 2.90. The van der Waals surface area contributed by atoms with E-state index < -0.39 is 0 Å². The largest absolute Gasteiger partial charge is 0.389 e. The lowest BCUT2D eigenvalue weighted by Gasteiger charge is -2.26. The van der Waals surface area contributed by atoms with E-state index in [2.05, 4.69) is 12.2 Å². The van der Waals surface area contributed by atoms with Gasteiger partial charge in [0.1, 0.15) is 10.8 Å². The van der Waals surface area contributed by atoms with Gasteiger partial charge in [-0.2, -0.15) is 0 Å². The molecule has 0 radical (unpaired) electrons.